The zero-order valence-corrected chi connectivity index (χ0v) is 16.4. The summed E-state index contributed by atoms with van der Waals surface area (Å²) in [6, 6.07) is 0. The molecule has 5 heteroatoms. The van der Waals surface area contributed by atoms with E-state index in [-0.39, 0.29) is 0 Å². The van der Waals surface area contributed by atoms with Gasteiger partial charge in [0.25, 0.3) is 0 Å². The zero-order valence-electron chi connectivity index (χ0n) is 16.4. The van der Waals surface area contributed by atoms with Crippen molar-refractivity contribution in [3.8, 4) is 0 Å². The summed E-state index contributed by atoms with van der Waals surface area (Å²) in [6.45, 7) is 9.73. The first-order valence-corrected chi connectivity index (χ1v) is 10.7. The smallest absolute Gasteiger partial charge is 0.135 e. The maximum Gasteiger partial charge on any atom is 0.135 e. The summed E-state index contributed by atoms with van der Waals surface area (Å²) in [6.07, 6.45) is 10.3. The van der Waals surface area contributed by atoms with Crippen molar-refractivity contribution in [2.24, 2.45) is 5.92 Å². The Morgan fingerprint density at radius 3 is 2.58 bits per heavy atom. The van der Waals surface area contributed by atoms with Gasteiger partial charge in [0.1, 0.15) is 11.6 Å². The van der Waals surface area contributed by atoms with Gasteiger partial charge < -0.3 is 9.64 Å². The lowest BCUT2D eigenvalue weighted by Crippen LogP contribution is -2.38. The fraction of sp³-hybridized carbons (Fsp3) is 0.810. The van der Waals surface area contributed by atoms with Gasteiger partial charge in [-0.15, -0.1) is 0 Å². The fourth-order valence-electron chi connectivity index (χ4n) is 4.82. The molecule has 0 N–H and O–H groups in total. The van der Waals surface area contributed by atoms with Crippen LogP contribution in [0.5, 0.6) is 0 Å². The predicted molar refractivity (Wildman–Crippen MR) is 105 cm³/mol. The van der Waals surface area contributed by atoms with E-state index in [2.05, 4.69) is 16.7 Å². The van der Waals surface area contributed by atoms with Gasteiger partial charge in [-0.2, -0.15) is 0 Å². The van der Waals surface area contributed by atoms with Crippen LogP contribution in [-0.2, 0) is 17.6 Å². The van der Waals surface area contributed by atoms with Gasteiger partial charge in [0.05, 0.1) is 13.2 Å². The Balaban J connectivity index is 1.28. The van der Waals surface area contributed by atoms with E-state index in [1.807, 2.05) is 0 Å². The molecule has 0 bridgehead atoms. The number of fused-ring (bicyclic) bond motifs is 1. The number of hydrogen-bond acceptors (Lipinski definition) is 5. The monoisotopic (exact) mass is 358 g/mol. The highest BCUT2D eigenvalue weighted by Crippen LogP contribution is 2.31. The van der Waals surface area contributed by atoms with Gasteiger partial charge in [0, 0.05) is 37.4 Å². The van der Waals surface area contributed by atoms with Gasteiger partial charge in [-0.25, -0.2) is 9.97 Å². The molecule has 0 spiro atoms. The van der Waals surface area contributed by atoms with Crippen LogP contribution in [0.2, 0.25) is 0 Å². The van der Waals surface area contributed by atoms with Crippen LogP contribution in [0.3, 0.4) is 0 Å². The number of piperidine rings is 1. The average molecular weight is 359 g/mol. The Bertz CT molecular complexity index is 592. The lowest BCUT2D eigenvalue weighted by molar-refractivity contribution is 0.0365. The molecule has 0 unspecified atom stereocenters. The van der Waals surface area contributed by atoms with Crippen LogP contribution >= 0.6 is 0 Å². The summed E-state index contributed by atoms with van der Waals surface area (Å²) in [5, 5.41) is 0. The van der Waals surface area contributed by atoms with E-state index in [1.54, 1.807) is 0 Å². The normalized spacial score (nSPS) is 22.4. The van der Waals surface area contributed by atoms with Gasteiger partial charge in [-0.05, 0) is 70.8 Å². The first-order valence-electron chi connectivity index (χ1n) is 10.7. The summed E-state index contributed by atoms with van der Waals surface area (Å²) < 4.78 is 5.44. The van der Waals surface area contributed by atoms with E-state index < -0.39 is 0 Å². The minimum absolute atomic E-state index is 0.894. The van der Waals surface area contributed by atoms with Gasteiger partial charge in [-0.1, -0.05) is 0 Å². The molecule has 2 saturated heterocycles. The van der Waals surface area contributed by atoms with E-state index in [0.29, 0.717) is 0 Å². The van der Waals surface area contributed by atoms with Crippen molar-refractivity contribution in [2.75, 3.05) is 50.8 Å². The Morgan fingerprint density at radius 1 is 1.00 bits per heavy atom. The summed E-state index contributed by atoms with van der Waals surface area (Å²) in [4.78, 5) is 14.7. The molecule has 1 aliphatic carbocycles. The van der Waals surface area contributed by atoms with E-state index >= 15 is 0 Å². The van der Waals surface area contributed by atoms with Gasteiger partial charge in [-0.3, -0.25) is 4.90 Å². The van der Waals surface area contributed by atoms with Crippen molar-refractivity contribution in [3.63, 3.8) is 0 Å². The second-order valence-electron chi connectivity index (χ2n) is 8.25. The summed E-state index contributed by atoms with van der Waals surface area (Å²) in [7, 11) is 0. The number of nitrogens with zero attached hydrogens (tertiary/aromatic N) is 4. The molecule has 0 aromatic carbocycles. The molecule has 2 aliphatic heterocycles. The molecular formula is C21H34N4O. The Morgan fingerprint density at radius 2 is 1.77 bits per heavy atom. The minimum atomic E-state index is 0.894. The van der Waals surface area contributed by atoms with Crippen molar-refractivity contribution >= 4 is 5.82 Å². The van der Waals surface area contributed by atoms with E-state index in [0.717, 1.165) is 44.5 Å². The molecular weight excluding hydrogens is 324 g/mol. The minimum Gasteiger partial charge on any atom is -0.379 e. The molecule has 1 aromatic heterocycles. The highest BCUT2D eigenvalue weighted by atomic mass is 16.5. The number of aryl methyl sites for hydroxylation is 2. The quantitative estimate of drug-likeness (QED) is 0.809. The second-order valence-corrected chi connectivity index (χ2v) is 8.25. The number of anilines is 1. The van der Waals surface area contributed by atoms with Crippen LogP contribution in [0.1, 0.15) is 55.6 Å². The summed E-state index contributed by atoms with van der Waals surface area (Å²) >= 11 is 0. The first-order chi connectivity index (χ1) is 12.8. The predicted octanol–water partition coefficient (Wildman–Crippen LogP) is 2.99. The molecule has 0 amide bonds. The average Bonchev–Trinajstić information content (AvgIpc) is 2.69. The molecule has 0 radical (unpaired) electrons. The molecule has 0 atom stereocenters. The SMILES string of the molecule is Cc1nc2c(c(N3CCC(CCCN4CCOCC4)CC3)n1)CCCC2. The topological polar surface area (TPSA) is 41.5 Å². The zero-order chi connectivity index (χ0) is 17.8. The lowest BCUT2D eigenvalue weighted by Gasteiger charge is -2.35. The Kier molecular flexibility index (Phi) is 6.05. The van der Waals surface area contributed by atoms with E-state index in [1.165, 1.54) is 81.7 Å². The van der Waals surface area contributed by atoms with Crippen LogP contribution < -0.4 is 4.90 Å². The van der Waals surface area contributed by atoms with Crippen LogP contribution in [0.4, 0.5) is 5.82 Å². The van der Waals surface area contributed by atoms with Crippen molar-refractivity contribution in [1.29, 1.82) is 0 Å². The molecule has 3 aliphatic rings. The molecule has 26 heavy (non-hydrogen) atoms. The summed E-state index contributed by atoms with van der Waals surface area (Å²) in [5.41, 5.74) is 2.78. The number of ether oxygens (including phenoxy) is 1. The lowest BCUT2D eigenvalue weighted by atomic mass is 9.91. The number of aromatic nitrogens is 2. The van der Waals surface area contributed by atoms with Crippen LogP contribution in [0, 0.1) is 12.8 Å². The fourth-order valence-corrected chi connectivity index (χ4v) is 4.82. The Labute approximate surface area is 158 Å². The molecule has 144 valence electrons. The van der Waals surface area contributed by atoms with E-state index in [4.69, 9.17) is 14.7 Å². The number of rotatable bonds is 5. The van der Waals surface area contributed by atoms with Crippen molar-refractivity contribution < 1.29 is 4.74 Å². The third-order valence-corrected chi connectivity index (χ3v) is 6.38. The maximum absolute atomic E-state index is 5.44. The Hall–Kier alpha value is -1.20. The standard InChI is InChI=1S/C21H34N4O/c1-17-22-20-7-3-2-6-19(20)21(23-17)25-11-8-18(9-12-25)5-4-10-24-13-15-26-16-14-24/h18H,2-16H2,1H3. The molecule has 3 heterocycles. The maximum atomic E-state index is 5.44. The third kappa shape index (κ3) is 4.37. The molecule has 1 aromatic rings. The number of morpholine rings is 1. The third-order valence-electron chi connectivity index (χ3n) is 6.38. The highest BCUT2D eigenvalue weighted by Gasteiger charge is 2.25. The molecule has 4 rings (SSSR count). The number of hydrogen-bond donors (Lipinski definition) is 0. The van der Waals surface area contributed by atoms with Crippen molar-refractivity contribution in [1.82, 2.24) is 14.9 Å². The summed E-state index contributed by atoms with van der Waals surface area (Å²) in [5.74, 6) is 3.11. The van der Waals surface area contributed by atoms with E-state index in [9.17, 15) is 0 Å². The van der Waals surface area contributed by atoms with Gasteiger partial charge in [0.2, 0.25) is 0 Å². The van der Waals surface area contributed by atoms with Gasteiger partial charge >= 0.3 is 0 Å². The highest BCUT2D eigenvalue weighted by molar-refractivity contribution is 5.50. The first kappa shape index (κ1) is 18.2. The largest absolute Gasteiger partial charge is 0.379 e. The van der Waals surface area contributed by atoms with Crippen molar-refractivity contribution in [2.45, 2.75) is 58.3 Å². The molecule has 0 saturated carbocycles. The second kappa shape index (κ2) is 8.66. The van der Waals surface area contributed by atoms with Crippen LogP contribution in [0.25, 0.3) is 0 Å². The molecule has 5 nitrogen and oxygen atoms in total. The van der Waals surface area contributed by atoms with Crippen LogP contribution in [-0.4, -0.2) is 60.8 Å². The van der Waals surface area contributed by atoms with Gasteiger partial charge in [0.15, 0.2) is 0 Å². The van der Waals surface area contributed by atoms with Crippen molar-refractivity contribution in [3.05, 3.63) is 17.1 Å². The van der Waals surface area contributed by atoms with Crippen LogP contribution in [0.15, 0.2) is 0 Å². The molecule has 2 fully saturated rings.